The van der Waals surface area contributed by atoms with Crippen molar-refractivity contribution in [2.45, 2.75) is 26.5 Å². The summed E-state index contributed by atoms with van der Waals surface area (Å²) in [6.45, 7) is 4.10. The predicted molar refractivity (Wildman–Crippen MR) is 166 cm³/mol. The molecule has 0 spiro atoms. The highest BCUT2D eigenvalue weighted by atomic mass is 127. The molecule has 0 saturated carbocycles. The van der Waals surface area contributed by atoms with Crippen LogP contribution >= 0.6 is 56.9 Å². The van der Waals surface area contributed by atoms with Crippen molar-refractivity contribution in [3.8, 4) is 11.5 Å². The summed E-state index contributed by atoms with van der Waals surface area (Å²) >= 11 is 11.1. The third-order valence-electron chi connectivity index (χ3n) is 6.15. The van der Waals surface area contributed by atoms with Gasteiger partial charge in [0.1, 0.15) is 12.6 Å². The number of carbonyl (C=O) groups is 1. The van der Waals surface area contributed by atoms with Crippen LogP contribution in [0, 0.1) is 3.57 Å². The van der Waals surface area contributed by atoms with Gasteiger partial charge in [-0.1, -0.05) is 41.1 Å². The Kier molecular flexibility index (Phi) is 8.79. The molecule has 0 unspecified atom stereocenters. The summed E-state index contributed by atoms with van der Waals surface area (Å²) < 4.78 is 20.0. The summed E-state index contributed by atoms with van der Waals surface area (Å²) in [6.07, 6.45) is 1.81. The van der Waals surface area contributed by atoms with E-state index in [1.807, 2.05) is 60.0 Å². The number of rotatable bonds is 8. The van der Waals surface area contributed by atoms with Gasteiger partial charge >= 0.3 is 5.97 Å². The number of hydrogen-bond acceptors (Lipinski definition) is 8. The van der Waals surface area contributed by atoms with Crippen molar-refractivity contribution >= 4 is 68.9 Å². The summed E-state index contributed by atoms with van der Waals surface area (Å²) in [5, 5.41) is 2.57. The second-order valence-electron chi connectivity index (χ2n) is 8.77. The Morgan fingerprint density at radius 1 is 1.23 bits per heavy atom. The zero-order valence-corrected chi connectivity index (χ0v) is 26.3. The topological polar surface area (TPSA) is 79.1 Å². The number of hydrogen-bond donors (Lipinski definition) is 0. The molecular formula is C29H24ClIN2O5S2. The first-order valence-electron chi connectivity index (χ1n) is 12.3. The van der Waals surface area contributed by atoms with Gasteiger partial charge in [-0.25, -0.2) is 9.79 Å². The minimum Gasteiger partial charge on any atom is -0.493 e. The molecular weight excluding hydrogens is 683 g/mol. The first-order chi connectivity index (χ1) is 19.3. The lowest BCUT2D eigenvalue weighted by molar-refractivity contribution is -0.139. The highest BCUT2D eigenvalue weighted by Crippen LogP contribution is 2.35. The van der Waals surface area contributed by atoms with Crippen LogP contribution in [-0.4, -0.2) is 24.3 Å². The summed E-state index contributed by atoms with van der Waals surface area (Å²) in [5.41, 5.74) is 2.40. The lowest BCUT2D eigenvalue weighted by Crippen LogP contribution is -2.39. The molecule has 4 aromatic rings. The standard InChI is InChI=1S/C29H24ClIN2O5S2/c1-4-37-28(35)24-16(2)32-29-33(25(24)22-9-6-10-39-22)27(34)23(40-29)14-18-12-20(31)26(21(13-18)36-3)38-15-17-7-5-8-19(30)11-17/h5-14,25H,4,15H2,1-3H3/b23-14-/t25-/m1/s1. The number of thiazole rings is 1. The monoisotopic (exact) mass is 706 g/mol. The fourth-order valence-corrected chi connectivity index (χ4v) is 7.27. The van der Waals surface area contributed by atoms with Gasteiger partial charge in [0.25, 0.3) is 5.56 Å². The SMILES string of the molecule is CCOC(=O)C1=C(C)N=c2s/c(=C\c3cc(I)c(OCc4cccc(Cl)c4)c(OC)c3)c(=O)n2[C@@H]1c1cccs1. The maximum atomic E-state index is 13.8. The van der Waals surface area contributed by atoms with Crippen LogP contribution in [0.4, 0.5) is 0 Å². The van der Waals surface area contributed by atoms with E-state index in [1.54, 1.807) is 25.5 Å². The fourth-order valence-electron chi connectivity index (χ4n) is 4.40. The van der Waals surface area contributed by atoms with Gasteiger partial charge in [0.2, 0.25) is 0 Å². The number of methoxy groups -OCH3 is 1. The lowest BCUT2D eigenvalue weighted by Gasteiger charge is -2.23. The van der Waals surface area contributed by atoms with Gasteiger partial charge in [0.05, 0.1) is 33.1 Å². The average molecular weight is 707 g/mol. The zero-order valence-electron chi connectivity index (χ0n) is 21.8. The Labute approximate surface area is 257 Å². The summed E-state index contributed by atoms with van der Waals surface area (Å²) in [6, 6.07) is 14.5. The van der Waals surface area contributed by atoms with Gasteiger partial charge in [-0.15, -0.1) is 11.3 Å². The van der Waals surface area contributed by atoms with Crippen LogP contribution in [-0.2, 0) is 16.1 Å². The second kappa shape index (κ2) is 12.3. The first-order valence-corrected chi connectivity index (χ1v) is 15.4. The molecule has 1 aliphatic rings. The summed E-state index contributed by atoms with van der Waals surface area (Å²) in [7, 11) is 1.58. The van der Waals surface area contributed by atoms with Crippen molar-refractivity contribution < 1.29 is 19.0 Å². The molecule has 5 rings (SSSR count). The highest BCUT2D eigenvalue weighted by molar-refractivity contribution is 14.1. The Balaban J connectivity index is 1.55. The van der Waals surface area contributed by atoms with Gasteiger partial charge in [0, 0.05) is 9.90 Å². The molecule has 2 aromatic heterocycles. The number of benzene rings is 2. The quantitative estimate of drug-likeness (QED) is 0.174. The molecule has 11 heteroatoms. The van der Waals surface area contributed by atoms with Crippen molar-refractivity contribution in [2.75, 3.05) is 13.7 Å². The molecule has 0 amide bonds. The molecule has 0 radical (unpaired) electrons. The second-order valence-corrected chi connectivity index (χ2v) is 12.4. The van der Waals surface area contributed by atoms with E-state index >= 15 is 0 Å². The normalized spacial score (nSPS) is 15.0. The van der Waals surface area contributed by atoms with E-state index in [0.717, 1.165) is 19.6 Å². The van der Waals surface area contributed by atoms with Crippen LogP contribution in [0.3, 0.4) is 0 Å². The van der Waals surface area contributed by atoms with Crippen LogP contribution in [0.2, 0.25) is 5.02 Å². The van der Waals surface area contributed by atoms with Crippen LogP contribution in [0.1, 0.15) is 35.9 Å². The van der Waals surface area contributed by atoms with E-state index in [9.17, 15) is 9.59 Å². The van der Waals surface area contributed by atoms with Crippen LogP contribution < -0.4 is 24.4 Å². The number of fused-ring (bicyclic) bond motifs is 1. The first kappa shape index (κ1) is 28.6. The predicted octanol–water partition coefficient (Wildman–Crippen LogP) is 5.71. The van der Waals surface area contributed by atoms with Crippen molar-refractivity contribution in [1.29, 1.82) is 0 Å². The molecule has 1 atom stereocenters. The minimum absolute atomic E-state index is 0.230. The Hall–Kier alpha value is -2.93. The third-order valence-corrected chi connectivity index (χ3v) is 9.10. The van der Waals surface area contributed by atoms with E-state index < -0.39 is 12.0 Å². The maximum absolute atomic E-state index is 13.8. The van der Waals surface area contributed by atoms with Crippen LogP contribution in [0.25, 0.3) is 6.08 Å². The van der Waals surface area contributed by atoms with Gasteiger partial charge in [-0.3, -0.25) is 9.36 Å². The third kappa shape index (κ3) is 5.76. The molecule has 7 nitrogen and oxygen atoms in total. The van der Waals surface area contributed by atoms with Gasteiger partial charge in [0.15, 0.2) is 16.3 Å². The summed E-state index contributed by atoms with van der Waals surface area (Å²) in [4.78, 5) is 32.8. The molecule has 3 heterocycles. The Morgan fingerprint density at radius 2 is 2.05 bits per heavy atom. The van der Waals surface area contributed by atoms with Crippen LogP contribution in [0.15, 0.2) is 75.0 Å². The zero-order chi connectivity index (χ0) is 28.4. The molecule has 40 heavy (non-hydrogen) atoms. The molecule has 206 valence electrons. The molecule has 0 aliphatic carbocycles. The number of ether oxygens (including phenoxy) is 3. The molecule has 0 bridgehead atoms. The number of halogens is 2. The Morgan fingerprint density at radius 3 is 2.75 bits per heavy atom. The lowest BCUT2D eigenvalue weighted by atomic mass is 10.0. The van der Waals surface area contributed by atoms with E-state index in [1.165, 1.54) is 22.7 Å². The van der Waals surface area contributed by atoms with Gasteiger partial charge < -0.3 is 14.2 Å². The Bertz CT molecular complexity index is 1790. The number of carbonyl (C=O) groups excluding carboxylic acids is 1. The number of esters is 1. The van der Waals surface area contributed by atoms with Gasteiger partial charge in [-0.05, 0) is 89.4 Å². The molecule has 1 aliphatic heterocycles. The smallest absolute Gasteiger partial charge is 0.338 e. The minimum atomic E-state index is -0.602. The van der Waals surface area contributed by atoms with Crippen molar-refractivity contribution in [1.82, 2.24) is 4.57 Å². The molecule has 0 saturated heterocycles. The molecule has 2 aromatic carbocycles. The molecule has 0 N–H and O–H groups in total. The largest absolute Gasteiger partial charge is 0.493 e. The fraction of sp³-hybridized carbons (Fsp3) is 0.207. The van der Waals surface area contributed by atoms with Gasteiger partial charge in [-0.2, -0.15) is 0 Å². The van der Waals surface area contributed by atoms with E-state index in [2.05, 4.69) is 27.6 Å². The molecule has 0 fully saturated rings. The maximum Gasteiger partial charge on any atom is 0.338 e. The average Bonchev–Trinajstić information content (AvgIpc) is 3.55. The number of aromatic nitrogens is 1. The number of allylic oxidation sites excluding steroid dienone is 1. The summed E-state index contributed by atoms with van der Waals surface area (Å²) in [5.74, 6) is 0.683. The highest BCUT2D eigenvalue weighted by Gasteiger charge is 2.33. The number of nitrogens with zero attached hydrogens (tertiary/aromatic N) is 2. The van der Waals surface area contributed by atoms with Crippen molar-refractivity contribution in [3.05, 3.63) is 109 Å². The van der Waals surface area contributed by atoms with Crippen molar-refractivity contribution in [2.24, 2.45) is 4.99 Å². The van der Waals surface area contributed by atoms with Crippen molar-refractivity contribution in [3.63, 3.8) is 0 Å². The van der Waals surface area contributed by atoms with Crippen LogP contribution in [0.5, 0.6) is 11.5 Å². The van der Waals surface area contributed by atoms with E-state index in [0.29, 0.717) is 43.7 Å². The van der Waals surface area contributed by atoms with E-state index in [4.69, 9.17) is 25.8 Å². The van der Waals surface area contributed by atoms with E-state index in [-0.39, 0.29) is 12.2 Å². The number of thiophene rings is 1.